The SMILES string of the molecule is CC(=O)N(Cc1ccc(F)cc1)[C@@H](Cc1ccccc1)C(=O)NCc1ccc(Cl)cc1Cl. The maximum atomic E-state index is 13.3. The van der Waals surface area contributed by atoms with Gasteiger partial charge in [0.25, 0.3) is 0 Å². The summed E-state index contributed by atoms with van der Waals surface area (Å²) < 4.78 is 13.3. The van der Waals surface area contributed by atoms with E-state index in [2.05, 4.69) is 5.32 Å². The standard InChI is InChI=1S/C25H23Cl2FN2O2/c1-17(31)30(16-19-7-11-22(28)12-8-19)24(13-18-5-3-2-4-6-18)25(32)29-15-20-9-10-21(26)14-23(20)27/h2-12,14,24H,13,15-16H2,1H3,(H,29,32)/t24-/m0/s1. The van der Waals surface area contributed by atoms with Gasteiger partial charge < -0.3 is 10.2 Å². The van der Waals surface area contributed by atoms with Gasteiger partial charge in [-0.1, -0.05) is 71.7 Å². The van der Waals surface area contributed by atoms with Crippen LogP contribution < -0.4 is 5.32 Å². The molecule has 0 aliphatic heterocycles. The molecule has 0 aromatic heterocycles. The van der Waals surface area contributed by atoms with E-state index in [1.54, 1.807) is 30.3 Å². The van der Waals surface area contributed by atoms with Gasteiger partial charge in [-0.2, -0.15) is 0 Å². The molecule has 2 amide bonds. The summed E-state index contributed by atoms with van der Waals surface area (Å²) in [7, 11) is 0. The summed E-state index contributed by atoms with van der Waals surface area (Å²) in [5.74, 6) is -0.923. The van der Waals surface area contributed by atoms with E-state index in [9.17, 15) is 14.0 Å². The first-order valence-corrected chi connectivity index (χ1v) is 10.9. The average Bonchev–Trinajstić information content (AvgIpc) is 2.77. The van der Waals surface area contributed by atoms with Gasteiger partial charge in [0.1, 0.15) is 11.9 Å². The second-order valence-corrected chi connectivity index (χ2v) is 8.28. The van der Waals surface area contributed by atoms with Crippen LogP contribution in [0, 0.1) is 5.82 Å². The lowest BCUT2D eigenvalue weighted by molar-refractivity contribution is -0.139. The van der Waals surface area contributed by atoms with Gasteiger partial charge in [0, 0.05) is 36.5 Å². The Morgan fingerprint density at radius 2 is 1.66 bits per heavy atom. The Morgan fingerprint density at radius 1 is 0.969 bits per heavy atom. The maximum Gasteiger partial charge on any atom is 0.243 e. The van der Waals surface area contributed by atoms with Gasteiger partial charge in [-0.25, -0.2) is 4.39 Å². The van der Waals surface area contributed by atoms with E-state index in [0.29, 0.717) is 16.5 Å². The van der Waals surface area contributed by atoms with Crippen molar-refractivity contribution in [2.45, 2.75) is 32.5 Å². The summed E-state index contributed by atoms with van der Waals surface area (Å²) in [5.41, 5.74) is 2.37. The van der Waals surface area contributed by atoms with Crippen molar-refractivity contribution >= 4 is 35.0 Å². The number of hydrogen-bond donors (Lipinski definition) is 1. The van der Waals surface area contributed by atoms with Crippen molar-refractivity contribution in [2.24, 2.45) is 0 Å². The first kappa shape index (κ1) is 23.8. The molecule has 0 spiro atoms. The van der Waals surface area contributed by atoms with E-state index in [1.807, 2.05) is 30.3 Å². The van der Waals surface area contributed by atoms with Crippen LogP contribution >= 0.6 is 23.2 Å². The lowest BCUT2D eigenvalue weighted by Gasteiger charge is -2.30. The fourth-order valence-electron chi connectivity index (χ4n) is 3.37. The molecule has 1 atom stereocenters. The average molecular weight is 473 g/mol. The van der Waals surface area contributed by atoms with Crippen molar-refractivity contribution in [1.29, 1.82) is 0 Å². The molecule has 0 bridgehead atoms. The molecule has 0 saturated carbocycles. The van der Waals surface area contributed by atoms with Gasteiger partial charge in [0.05, 0.1) is 0 Å². The molecule has 0 heterocycles. The lowest BCUT2D eigenvalue weighted by Crippen LogP contribution is -2.49. The van der Waals surface area contributed by atoms with E-state index >= 15 is 0 Å². The Balaban J connectivity index is 1.83. The summed E-state index contributed by atoms with van der Waals surface area (Å²) >= 11 is 12.2. The molecular formula is C25H23Cl2FN2O2. The molecule has 3 aromatic carbocycles. The van der Waals surface area contributed by atoms with Crippen molar-refractivity contribution in [2.75, 3.05) is 0 Å². The quantitative estimate of drug-likeness (QED) is 0.476. The lowest BCUT2D eigenvalue weighted by atomic mass is 10.0. The van der Waals surface area contributed by atoms with Crippen LogP contribution in [0.5, 0.6) is 0 Å². The third kappa shape index (κ3) is 6.55. The summed E-state index contributed by atoms with van der Waals surface area (Å²) in [4.78, 5) is 27.3. The Hall–Kier alpha value is -2.89. The molecule has 1 N–H and O–H groups in total. The van der Waals surface area contributed by atoms with Gasteiger partial charge >= 0.3 is 0 Å². The maximum absolute atomic E-state index is 13.3. The van der Waals surface area contributed by atoms with Crippen LogP contribution in [0.4, 0.5) is 4.39 Å². The van der Waals surface area contributed by atoms with Gasteiger partial charge in [0.15, 0.2) is 0 Å². The smallest absolute Gasteiger partial charge is 0.243 e. The van der Waals surface area contributed by atoms with Crippen LogP contribution in [0.25, 0.3) is 0 Å². The van der Waals surface area contributed by atoms with Gasteiger partial charge in [0.2, 0.25) is 11.8 Å². The van der Waals surface area contributed by atoms with Crippen LogP contribution in [0.3, 0.4) is 0 Å². The van der Waals surface area contributed by atoms with Gasteiger partial charge in [-0.05, 0) is 41.0 Å². The van der Waals surface area contributed by atoms with Crippen LogP contribution in [0.2, 0.25) is 10.0 Å². The second kappa shape index (κ2) is 11.1. The molecule has 0 fully saturated rings. The van der Waals surface area contributed by atoms with E-state index < -0.39 is 6.04 Å². The predicted molar refractivity (Wildman–Crippen MR) is 125 cm³/mol. The number of nitrogens with one attached hydrogen (secondary N) is 1. The Kier molecular flexibility index (Phi) is 8.26. The number of halogens is 3. The zero-order chi connectivity index (χ0) is 23.1. The molecule has 0 aliphatic rings. The zero-order valence-electron chi connectivity index (χ0n) is 17.5. The van der Waals surface area contributed by atoms with Crippen molar-refractivity contribution in [3.8, 4) is 0 Å². The molecule has 0 saturated heterocycles. The number of carbonyl (C=O) groups is 2. The Labute approximate surface area is 197 Å². The third-order valence-electron chi connectivity index (χ3n) is 5.09. The van der Waals surface area contributed by atoms with Crippen molar-refractivity contribution in [3.63, 3.8) is 0 Å². The molecule has 3 rings (SSSR count). The topological polar surface area (TPSA) is 49.4 Å². The van der Waals surface area contributed by atoms with Crippen LogP contribution in [0.1, 0.15) is 23.6 Å². The van der Waals surface area contributed by atoms with Crippen LogP contribution in [-0.4, -0.2) is 22.8 Å². The number of benzene rings is 3. The first-order valence-electron chi connectivity index (χ1n) is 10.1. The monoisotopic (exact) mass is 472 g/mol. The summed E-state index contributed by atoms with van der Waals surface area (Å²) in [6.07, 6.45) is 0.335. The van der Waals surface area contributed by atoms with E-state index in [-0.39, 0.29) is 30.7 Å². The Bertz CT molecular complexity index is 1080. The summed E-state index contributed by atoms with van der Waals surface area (Å²) in [6, 6.07) is 19.7. The second-order valence-electron chi connectivity index (χ2n) is 7.43. The van der Waals surface area contributed by atoms with Crippen molar-refractivity contribution in [3.05, 3.63) is 105 Å². The summed E-state index contributed by atoms with van der Waals surface area (Å²) in [5, 5.41) is 3.85. The number of amides is 2. The third-order valence-corrected chi connectivity index (χ3v) is 5.68. The van der Waals surface area contributed by atoms with Gasteiger partial charge in [-0.3, -0.25) is 9.59 Å². The summed E-state index contributed by atoms with van der Waals surface area (Å²) in [6.45, 7) is 1.80. The zero-order valence-corrected chi connectivity index (χ0v) is 19.0. The minimum absolute atomic E-state index is 0.183. The molecule has 4 nitrogen and oxygen atoms in total. The largest absolute Gasteiger partial charge is 0.350 e. The highest BCUT2D eigenvalue weighted by atomic mass is 35.5. The fraction of sp³-hybridized carbons (Fsp3) is 0.200. The predicted octanol–water partition coefficient (Wildman–Crippen LogP) is 5.41. The molecule has 3 aromatic rings. The normalized spacial score (nSPS) is 11.6. The molecule has 32 heavy (non-hydrogen) atoms. The van der Waals surface area contributed by atoms with Crippen molar-refractivity contribution < 1.29 is 14.0 Å². The number of carbonyl (C=O) groups excluding carboxylic acids is 2. The molecule has 0 unspecified atom stereocenters. The highest BCUT2D eigenvalue weighted by Crippen LogP contribution is 2.21. The van der Waals surface area contributed by atoms with E-state index in [1.165, 1.54) is 24.0 Å². The molecule has 0 aliphatic carbocycles. The van der Waals surface area contributed by atoms with Crippen molar-refractivity contribution in [1.82, 2.24) is 10.2 Å². The molecular weight excluding hydrogens is 450 g/mol. The fourth-order valence-corrected chi connectivity index (χ4v) is 3.85. The van der Waals surface area contributed by atoms with Crippen LogP contribution in [-0.2, 0) is 29.1 Å². The Morgan fingerprint density at radius 3 is 2.28 bits per heavy atom. The highest BCUT2D eigenvalue weighted by Gasteiger charge is 2.28. The van der Waals surface area contributed by atoms with E-state index in [4.69, 9.17) is 23.2 Å². The molecule has 0 radical (unpaired) electrons. The number of hydrogen-bond acceptors (Lipinski definition) is 2. The van der Waals surface area contributed by atoms with E-state index in [0.717, 1.165) is 16.7 Å². The first-order chi connectivity index (χ1) is 15.3. The number of nitrogens with zero attached hydrogens (tertiary/aromatic N) is 1. The number of rotatable bonds is 8. The minimum atomic E-state index is -0.758. The molecule has 7 heteroatoms. The van der Waals surface area contributed by atoms with Crippen LogP contribution in [0.15, 0.2) is 72.8 Å². The van der Waals surface area contributed by atoms with Gasteiger partial charge in [-0.15, -0.1) is 0 Å². The minimum Gasteiger partial charge on any atom is -0.350 e. The molecule has 166 valence electrons. The highest BCUT2D eigenvalue weighted by molar-refractivity contribution is 6.35.